The van der Waals surface area contributed by atoms with E-state index in [-0.39, 0.29) is 17.9 Å². The molecule has 0 atom stereocenters. The lowest BCUT2D eigenvalue weighted by molar-refractivity contribution is -0.140. The zero-order valence-electron chi connectivity index (χ0n) is 9.92. The third kappa shape index (κ3) is 3.94. The first kappa shape index (κ1) is 14.3. The number of carbonyl (C=O) groups excluding carboxylic acids is 1. The fraction of sp³-hybridized carbons (Fsp3) is 0.600. The van der Waals surface area contributed by atoms with Gasteiger partial charge in [0.05, 0.1) is 11.9 Å². The summed E-state index contributed by atoms with van der Waals surface area (Å²) in [5, 5.41) is 5.84. The standard InChI is InChI=1S/C10H15F3N4O/c1-2-3-4-17(6-10(11,12)13)9(18)8-7(14)5-15-16-8/h5H,2-4,6,14H2,1H3,(H,15,16). The molecule has 0 aromatic carbocycles. The van der Waals surface area contributed by atoms with Crippen molar-refractivity contribution in [1.82, 2.24) is 15.1 Å². The van der Waals surface area contributed by atoms with Crippen molar-refractivity contribution < 1.29 is 18.0 Å². The first-order valence-electron chi connectivity index (χ1n) is 5.50. The molecule has 3 N–H and O–H groups in total. The van der Waals surface area contributed by atoms with E-state index in [9.17, 15) is 18.0 Å². The van der Waals surface area contributed by atoms with E-state index in [4.69, 9.17) is 5.73 Å². The smallest absolute Gasteiger partial charge is 0.396 e. The van der Waals surface area contributed by atoms with Gasteiger partial charge in [-0.25, -0.2) is 0 Å². The molecule has 0 aliphatic carbocycles. The monoisotopic (exact) mass is 264 g/mol. The van der Waals surface area contributed by atoms with Crippen LogP contribution in [0, 0.1) is 0 Å². The maximum atomic E-state index is 12.4. The highest BCUT2D eigenvalue weighted by atomic mass is 19.4. The zero-order valence-corrected chi connectivity index (χ0v) is 9.92. The molecule has 1 aromatic heterocycles. The predicted octanol–water partition coefficient (Wildman–Crippen LogP) is 1.80. The molecule has 1 rings (SSSR count). The zero-order chi connectivity index (χ0) is 13.8. The molecule has 0 saturated carbocycles. The van der Waals surface area contributed by atoms with E-state index in [1.807, 2.05) is 6.92 Å². The Morgan fingerprint density at radius 1 is 1.56 bits per heavy atom. The molecule has 0 radical (unpaired) electrons. The number of alkyl halides is 3. The third-order valence-corrected chi connectivity index (χ3v) is 2.32. The van der Waals surface area contributed by atoms with Crippen molar-refractivity contribution in [3.8, 4) is 0 Å². The average molecular weight is 264 g/mol. The van der Waals surface area contributed by atoms with Gasteiger partial charge < -0.3 is 10.6 Å². The van der Waals surface area contributed by atoms with E-state index in [0.717, 1.165) is 4.90 Å². The van der Waals surface area contributed by atoms with Crippen LogP contribution >= 0.6 is 0 Å². The van der Waals surface area contributed by atoms with Crippen molar-refractivity contribution in [2.24, 2.45) is 0 Å². The van der Waals surface area contributed by atoms with E-state index in [0.29, 0.717) is 12.8 Å². The Morgan fingerprint density at radius 3 is 2.67 bits per heavy atom. The van der Waals surface area contributed by atoms with E-state index in [2.05, 4.69) is 10.2 Å². The Hall–Kier alpha value is -1.73. The van der Waals surface area contributed by atoms with Crippen LogP contribution in [0.1, 0.15) is 30.3 Å². The van der Waals surface area contributed by atoms with Gasteiger partial charge in [-0.3, -0.25) is 9.89 Å². The van der Waals surface area contributed by atoms with Crippen LogP contribution in [-0.2, 0) is 0 Å². The summed E-state index contributed by atoms with van der Waals surface area (Å²) in [6.45, 7) is 0.582. The van der Waals surface area contributed by atoms with Crippen LogP contribution in [0.5, 0.6) is 0 Å². The number of nitrogens with zero attached hydrogens (tertiary/aromatic N) is 2. The van der Waals surface area contributed by atoms with Gasteiger partial charge in [-0.05, 0) is 6.42 Å². The van der Waals surface area contributed by atoms with Gasteiger partial charge in [0, 0.05) is 6.54 Å². The lowest BCUT2D eigenvalue weighted by atomic mass is 10.2. The minimum Gasteiger partial charge on any atom is -0.396 e. The molecule has 1 amide bonds. The van der Waals surface area contributed by atoms with Crippen molar-refractivity contribution in [1.29, 1.82) is 0 Å². The van der Waals surface area contributed by atoms with Gasteiger partial charge in [0.15, 0.2) is 0 Å². The number of hydrogen-bond acceptors (Lipinski definition) is 3. The fourth-order valence-electron chi connectivity index (χ4n) is 1.44. The Bertz CT molecular complexity index is 402. The molecule has 0 aliphatic heterocycles. The number of carbonyl (C=O) groups is 1. The molecule has 0 saturated heterocycles. The van der Waals surface area contributed by atoms with Gasteiger partial charge >= 0.3 is 6.18 Å². The van der Waals surface area contributed by atoms with Gasteiger partial charge in [0.2, 0.25) is 0 Å². The molecule has 0 aliphatic rings. The molecule has 8 heteroatoms. The maximum Gasteiger partial charge on any atom is 0.406 e. The van der Waals surface area contributed by atoms with Crippen LogP contribution in [0.25, 0.3) is 0 Å². The lowest BCUT2D eigenvalue weighted by Crippen LogP contribution is -2.40. The molecule has 1 aromatic rings. The van der Waals surface area contributed by atoms with E-state index < -0.39 is 18.6 Å². The Kier molecular flexibility index (Phi) is 4.57. The van der Waals surface area contributed by atoms with Gasteiger partial charge in [-0.15, -0.1) is 0 Å². The molecular weight excluding hydrogens is 249 g/mol. The number of amides is 1. The third-order valence-electron chi connectivity index (χ3n) is 2.32. The number of unbranched alkanes of at least 4 members (excludes halogenated alkanes) is 1. The van der Waals surface area contributed by atoms with Crippen LogP contribution in [0.4, 0.5) is 18.9 Å². The van der Waals surface area contributed by atoms with Crippen LogP contribution in [-0.4, -0.2) is 40.3 Å². The highest BCUT2D eigenvalue weighted by molar-refractivity contribution is 5.97. The van der Waals surface area contributed by atoms with Gasteiger partial charge in [0.1, 0.15) is 12.2 Å². The van der Waals surface area contributed by atoms with Crippen LogP contribution in [0.15, 0.2) is 6.20 Å². The molecule has 102 valence electrons. The second kappa shape index (κ2) is 5.74. The molecular formula is C10H15F3N4O. The summed E-state index contributed by atoms with van der Waals surface area (Å²) in [5.41, 5.74) is 5.39. The highest BCUT2D eigenvalue weighted by Gasteiger charge is 2.33. The van der Waals surface area contributed by atoms with E-state index >= 15 is 0 Å². The van der Waals surface area contributed by atoms with Crippen molar-refractivity contribution in [3.05, 3.63) is 11.9 Å². The van der Waals surface area contributed by atoms with Crippen LogP contribution in [0.2, 0.25) is 0 Å². The number of anilines is 1. The summed E-state index contributed by atoms with van der Waals surface area (Å²) < 4.78 is 37.2. The van der Waals surface area contributed by atoms with Crippen LogP contribution in [0.3, 0.4) is 0 Å². The minimum atomic E-state index is -4.43. The quantitative estimate of drug-likeness (QED) is 0.851. The molecule has 0 spiro atoms. The summed E-state index contributed by atoms with van der Waals surface area (Å²) in [6, 6.07) is 0. The van der Waals surface area contributed by atoms with Gasteiger partial charge in [-0.2, -0.15) is 18.3 Å². The summed E-state index contributed by atoms with van der Waals surface area (Å²) in [4.78, 5) is 12.6. The average Bonchev–Trinajstić information content (AvgIpc) is 2.68. The maximum absolute atomic E-state index is 12.4. The summed E-state index contributed by atoms with van der Waals surface area (Å²) in [5.74, 6) is -0.782. The normalized spacial score (nSPS) is 11.6. The summed E-state index contributed by atoms with van der Waals surface area (Å²) in [6.07, 6.45) is -2.05. The molecule has 1 heterocycles. The number of nitrogen functional groups attached to an aromatic ring is 1. The van der Waals surface area contributed by atoms with E-state index in [1.165, 1.54) is 6.20 Å². The first-order chi connectivity index (χ1) is 8.35. The lowest BCUT2D eigenvalue weighted by Gasteiger charge is -2.23. The van der Waals surface area contributed by atoms with Crippen molar-refractivity contribution in [3.63, 3.8) is 0 Å². The summed E-state index contributed by atoms with van der Waals surface area (Å²) >= 11 is 0. The number of aromatic amines is 1. The number of aromatic nitrogens is 2. The number of rotatable bonds is 5. The minimum absolute atomic E-state index is 0.0350. The SMILES string of the molecule is CCCCN(CC(F)(F)F)C(=O)c1[nH]ncc1N. The second-order valence-corrected chi connectivity index (χ2v) is 3.90. The fourth-order valence-corrected chi connectivity index (χ4v) is 1.44. The molecule has 5 nitrogen and oxygen atoms in total. The van der Waals surface area contributed by atoms with Crippen molar-refractivity contribution in [2.45, 2.75) is 25.9 Å². The van der Waals surface area contributed by atoms with Crippen molar-refractivity contribution in [2.75, 3.05) is 18.8 Å². The van der Waals surface area contributed by atoms with Gasteiger partial charge in [-0.1, -0.05) is 13.3 Å². The van der Waals surface area contributed by atoms with E-state index in [1.54, 1.807) is 0 Å². The summed E-state index contributed by atoms with van der Waals surface area (Å²) in [7, 11) is 0. The number of halogens is 3. The van der Waals surface area contributed by atoms with Crippen molar-refractivity contribution >= 4 is 11.6 Å². The molecule has 0 unspecified atom stereocenters. The second-order valence-electron chi connectivity index (χ2n) is 3.90. The number of H-pyrrole nitrogens is 1. The molecule has 0 fully saturated rings. The van der Waals surface area contributed by atoms with Gasteiger partial charge in [0.25, 0.3) is 5.91 Å². The highest BCUT2D eigenvalue weighted by Crippen LogP contribution is 2.19. The molecule has 0 bridgehead atoms. The molecule has 18 heavy (non-hydrogen) atoms. The Labute approximate surface area is 102 Å². The van der Waals surface area contributed by atoms with Crippen LogP contribution < -0.4 is 5.73 Å². The Balaban J connectivity index is 2.82. The number of nitrogens with one attached hydrogen (secondary N) is 1. The Morgan fingerprint density at radius 2 is 2.22 bits per heavy atom. The predicted molar refractivity (Wildman–Crippen MR) is 59.9 cm³/mol. The largest absolute Gasteiger partial charge is 0.406 e. The topological polar surface area (TPSA) is 75.0 Å². The number of hydrogen-bond donors (Lipinski definition) is 2. The number of nitrogens with two attached hydrogens (primary N) is 1. The first-order valence-corrected chi connectivity index (χ1v) is 5.50.